The highest BCUT2D eigenvalue weighted by atomic mass is 32.1. The number of hydrogen-bond donors (Lipinski definition) is 0. The Morgan fingerprint density at radius 3 is 2.64 bits per heavy atom. The largest absolute Gasteiger partial charge is 0.490 e. The van der Waals surface area contributed by atoms with Crippen molar-refractivity contribution in [3.8, 4) is 17.1 Å². The summed E-state index contributed by atoms with van der Waals surface area (Å²) in [6.45, 7) is 12.3. The summed E-state index contributed by atoms with van der Waals surface area (Å²) >= 11 is 1.58. The van der Waals surface area contributed by atoms with Gasteiger partial charge in [-0.3, -0.25) is 9.36 Å². The number of pyridine rings is 1. The Morgan fingerprint density at radius 1 is 1.08 bits per heavy atom. The van der Waals surface area contributed by atoms with Gasteiger partial charge in [-0.2, -0.15) is 0 Å². The van der Waals surface area contributed by atoms with Crippen LogP contribution < -0.4 is 10.3 Å². The van der Waals surface area contributed by atoms with Crippen molar-refractivity contribution < 1.29 is 4.74 Å². The van der Waals surface area contributed by atoms with Crippen molar-refractivity contribution in [2.75, 3.05) is 26.7 Å². The maximum absolute atomic E-state index is 13.1. The number of nitrogens with zero attached hydrogens (tertiary/aromatic N) is 5. The van der Waals surface area contributed by atoms with E-state index in [0.717, 1.165) is 57.4 Å². The van der Waals surface area contributed by atoms with E-state index in [4.69, 9.17) is 11.3 Å². The molecule has 0 unspecified atom stereocenters. The fourth-order valence-electron chi connectivity index (χ4n) is 5.27. The summed E-state index contributed by atoms with van der Waals surface area (Å²) in [5.74, 6) is 1.88. The van der Waals surface area contributed by atoms with Crippen LogP contribution in [-0.4, -0.2) is 46.2 Å². The average Bonchev–Trinajstić information content (AvgIpc) is 3.34. The van der Waals surface area contributed by atoms with Gasteiger partial charge in [0.15, 0.2) is 17.3 Å². The van der Waals surface area contributed by atoms with Gasteiger partial charge in [-0.1, -0.05) is 30.3 Å². The Kier molecular flexibility index (Phi) is 6.86. The van der Waals surface area contributed by atoms with Gasteiger partial charge in [0.05, 0.1) is 31.6 Å². The number of ether oxygens (including phenoxy) is 1. The van der Waals surface area contributed by atoms with Crippen molar-refractivity contribution >= 4 is 37.3 Å². The fourth-order valence-corrected chi connectivity index (χ4v) is 6.53. The lowest BCUT2D eigenvalue weighted by atomic mass is 9.98. The Morgan fingerprint density at radius 2 is 1.87 bits per heavy atom. The molecule has 0 saturated carbocycles. The van der Waals surface area contributed by atoms with E-state index in [1.54, 1.807) is 29.8 Å². The molecular formula is C31H29N5O2S. The molecule has 1 saturated heterocycles. The van der Waals surface area contributed by atoms with E-state index in [-0.39, 0.29) is 11.6 Å². The van der Waals surface area contributed by atoms with E-state index < -0.39 is 0 Å². The number of hydrogen-bond acceptors (Lipinski definition) is 6. The van der Waals surface area contributed by atoms with Gasteiger partial charge < -0.3 is 9.64 Å². The van der Waals surface area contributed by atoms with E-state index in [9.17, 15) is 4.79 Å². The third-order valence-corrected chi connectivity index (χ3v) is 8.82. The number of fused-ring (bicyclic) bond motifs is 3. The summed E-state index contributed by atoms with van der Waals surface area (Å²) in [4.78, 5) is 29.1. The molecule has 1 atom stereocenters. The van der Waals surface area contributed by atoms with Gasteiger partial charge in [-0.15, -0.1) is 11.3 Å². The maximum atomic E-state index is 13.1. The molecular weight excluding hydrogens is 506 g/mol. The quantitative estimate of drug-likeness (QED) is 0.231. The minimum atomic E-state index is -0.202. The summed E-state index contributed by atoms with van der Waals surface area (Å²) in [5.41, 5.74) is 2.42. The Balaban J connectivity index is 1.25. The van der Waals surface area contributed by atoms with Gasteiger partial charge in [-0.05, 0) is 75.0 Å². The highest BCUT2D eigenvalue weighted by Gasteiger charge is 2.19. The van der Waals surface area contributed by atoms with Crippen LogP contribution in [0.5, 0.6) is 5.75 Å². The van der Waals surface area contributed by atoms with Crippen LogP contribution in [-0.2, 0) is 0 Å². The molecule has 0 N–H and O–H groups in total. The zero-order valence-corrected chi connectivity index (χ0v) is 22.8. The molecule has 196 valence electrons. The van der Waals surface area contributed by atoms with Crippen LogP contribution in [0.4, 0.5) is 5.69 Å². The second-order valence-corrected chi connectivity index (χ2v) is 11.3. The molecule has 6 rings (SSSR count). The van der Waals surface area contributed by atoms with Crippen LogP contribution in [0, 0.1) is 12.5 Å². The first-order chi connectivity index (χ1) is 19.0. The van der Waals surface area contributed by atoms with Gasteiger partial charge >= 0.3 is 0 Å². The number of thiophene rings is 1. The summed E-state index contributed by atoms with van der Waals surface area (Å²) in [6.07, 6.45) is 5.79. The van der Waals surface area contributed by atoms with Crippen LogP contribution in [0.25, 0.3) is 36.5 Å². The summed E-state index contributed by atoms with van der Waals surface area (Å²) < 4.78 is 8.89. The normalized spacial score (nSPS) is 15.4. The van der Waals surface area contributed by atoms with Crippen LogP contribution in [0.15, 0.2) is 71.8 Å². The van der Waals surface area contributed by atoms with Crippen molar-refractivity contribution in [2.45, 2.75) is 25.8 Å². The molecule has 7 nitrogen and oxygen atoms in total. The summed E-state index contributed by atoms with van der Waals surface area (Å²) in [7, 11) is 2.16. The molecule has 1 aliphatic rings. The number of benzene rings is 2. The van der Waals surface area contributed by atoms with Gasteiger partial charge in [-0.25, -0.2) is 14.8 Å². The van der Waals surface area contributed by atoms with E-state index in [1.165, 1.54) is 0 Å². The lowest BCUT2D eigenvalue weighted by Gasteiger charge is -2.28. The van der Waals surface area contributed by atoms with Crippen molar-refractivity contribution in [1.29, 1.82) is 0 Å². The van der Waals surface area contributed by atoms with E-state index >= 15 is 0 Å². The monoisotopic (exact) mass is 535 g/mol. The molecule has 3 aromatic heterocycles. The molecule has 0 aliphatic carbocycles. The third kappa shape index (κ3) is 5.03. The molecule has 0 radical (unpaired) electrons. The molecule has 1 aliphatic heterocycles. The molecule has 4 heterocycles. The first-order valence-electron chi connectivity index (χ1n) is 13.2. The topological polar surface area (TPSA) is 64.6 Å². The van der Waals surface area contributed by atoms with Gasteiger partial charge in [0.1, 0.15) is 4.83 Å². The first kappa shape index (κ1) is 25.2. The zero-order chi connectivity index (χ0) is 26.9. The molecule has 0 bridgehead atoms. The van der Waals surface area contributed by atoms with Gasteiger partial charge in [0.25, 0.3) is 5.56 Å². The van der Waals surface area contributed by atoms with Crippen LogP contribution in [0.2, 0.25) is 0 Å². The summed E-state index contributed by atoms with van der Waals surface area (Å²) in [6, 6.07) is 17.0. The minimum Gasteiger partial charge on any atom is -0.490 e. The molecule has 2 aromatic carbocycles. The third-order valence-electron chi connectivity index (χ3n) is 7.63. The van der Waals surface area contributed by atoms with Gasteiger partial charge in [0, 0.05) is 21.7 Å². The Bertz CT molecular complexity index is 1740. The second-order valence-electron chi connectivity index (χ2n) is 10.3. The average molecular weight is 536 g/mol. The predicted molar refractivity (Wildman–Crippen MR) is 157 cm³/mol. The smallest absolute Gasteiger partial charge is 0.252 e. The van der Waals surface area contributed by atoms with Crippen LogP contribution in [0.3, 0.4) is 0 Å². The fraction of sp³-hybridized carbons (Fsp3) is 0.290. The van der Waals surface area contributed by atoms with Crippen molar-refractivity contribution in [2.24, 2.45) is 5.92 Å². The molecule has 0 spiro atoms. The molecule has 1 fully saturated rings. The zero-order valence-electron chi connectivity index (χ0n) is 22.0. The minimum absolute atomic E-state index is 0.0558. The highest BCUT2D eigenvalue weighted by Crippen LogP contribution is 2.37. The number of piperidine rings is 1. The predicted octanol–water partition coefficient (Wildman–Crippen LogP) is 6.55. The van der Waals surface area contributed by atoms with Crippen LogP contribution in [0.1, 0.15) is 31.4 Å². The number of rotatable bonds is 6. The number of likely N-dealkylation sites (tertiary alicyclic amines) is 1. The number of aromatic nitrogens is 3. The van der Waals surface area contributed by atoms with Crippen molar-refractivity contribution in [1.82, 2.24) is 19.4 Å². The second kappa shape index (κ2) is 10.6. The van der Waals surface area contributed by atoms with Crippen molar-refractivity contribution in [3.63, 3.8) is 0 Å². The molecule has 0 amide bonds. The highest BCUT2D eigenvalue weighted by molar-refractivity contribution is 7.25. The molecule has 39 heavy (non-hydrogen) atoms. The van der Waals surface area contributed by atoms with Gasteiger partial charge in [0.2, 0.25) is 0 Å². The lowest BCUT2D eigenvalue weighted by Crippen LogP contribution is -2.32. The van der Waals surface area contributed by atoms with Crippen LogP contribution >= 0.6 is 11.3 Å². The standard InChI is InChI=1S/C31H29N5O2S/c1-20(36-29(37)10-8-26-27-16-24(32-2)7-9-28(27)39-31(26)36)22-5-4-6-23(15-22)30-33-17-25(18-34-30)38-19-21-11-13-35(3)14-12-21/h4-10,15-18,20-21H,11-14,19H2,1,3H3/t20-/m0/s1. The SMILES string of the molecule is [C-]#[N+]c1ccc2sc3c(ccc(=O)n3[C@@H](C)c3cccc(-c4ncc(OCC5CCN(C)CC5)cn4)c3)c2c1. The maximum Gasteiger partial charge on any atom is 0.252 e. The lowest BCUT2D eigenvalue weighted by molar-refractivity contribution is 0.159. The van der Waals surface area contributed by atoms with Crippen molar-refractivity contribution in [3.05, 3.63) is 94.3 Å². The summed E-state index contributed by atoms with van der Waals surface area (Å²) in [5, 5.41) is 1.99. The molecule has 5 aromatic rings. The van der Waals surface area contributed by atoms with E-state index in [1.807, 2.05) is 54.0 Å². The van der Waals surface area contributed by atoms with E-state index in [2.05, 4.69) is 32.8 Å². The molecule has 8 heteroatoms. The Labute approximate surface area is 231 Å². The Hall–Kier alpha value is -4.06. The van der Waals surface area contributed by atoms with E-state index in [0.29, 0.717) is 29.8 Å². The first-order valence-corrected chi connectivity index (χ1v) is 14.0.